The van der Waals surface area contributed by atoms with Crippen LogP contribution in [0, 0.1) is 5.41 Å². The van der Waals surface area contributed by atoms with E-state index in [0.717, 1.165) is 82.5 Å². The molecule has 4 saturated heterocycles. The van der Waals surface area contributed by atoms with Crippen LogP contribution in [0.3, 0.4) is 0 Å². The smallest absolute Gasteiger partial charge is 0.287 e. The third-order valence-electron chi connectivity index (χ3n) is 11.5. The fraction of sp³-hybridized carbons (Fsp3) is 0.500. The quantitative estimate of drug-likeness (QED) is 0.364. The van der Waals surface area contributed by atoms with Crippen LogP contribution in [-0.4, -0.2) is 89.7 Å². The maximum absolute atomic E-state index is 13.6. The SMILES string of the molecule is CN1C[C@H](Nc2cnn(C)c(=O)c2Cl)C[C@H](c2ccc(C(=O)N3CCC4(CC3)CCN(c3ccc(C5CCC(=O)NC5=O)cc3)CC4)cc2)C1. The molecule has 0 saturated carbocycles. The molecule has 1 unspecified atom stereocenters. The number of hydrogen-bond acceptors (Lipinski definition) is 8. The Labute approximate surface area is 297 Å². The van der Waals surface area contributed by atoms with E-state index in [4.69, 9.17) is 11.6 Å². The number of anilines is 2. The van der Waals surface area contributed by atoms with Crippen molar-refractivity contribution < 1.29 is 14.4 Å². The van der Waals surface area contributed by atoms with E-state index in [1.165, 1.54) is 15.9 Å². The first-order valence-electron chi connectivity index (χ1n) is 17.8. The van der Waals surface area contributed by atoms with Crippen LogP contribution >= 0.6 is 11.6 Å². The number of rotatable bonds is 6. The second-order valence-electron chi connectivity index (χ2n) is 14.8. The Morgan fingerprint density at radius 3 is 2.24 bits per heavy atom. The number of carbonyl (C=O) groups excluding carboxylic acids is 3. The zero-order valence-electron chi connectivity index (χ0n) is 28.9. The first kappa shape index (κ1) is 34.2. The Morgan fingerprint density at radius 1 is 0.900 bits per heavy atom. The number of hydrogen-bond donors (Lipinski definition) is 2. The highest BCUT2D eigenvalue weighted by Gasteiger charge is 2.39. The summed E-state index contributed by atoms with van der Waals surface area (Å²) in [5.74, 6) is -0.266. The number of nitrogens with zero attached hydrogens (tertiary/aromatic N) is 5. The number of amides is 3. The standard InChI is InChI=1S/C38H46ClN7O4/c1-43-23-28(21-29(24-43)41-32-22-40-44(2)37(50)34(32)39)25-3-5-27(6-4-25)36(49)46-19-15-38(16-20-46)13-17-45(18-14-38)30-9-7-26(8-10-30)31-11-12-33(47)42-35(31)48/h3-10,22,28-29,31,41H,11-21,23-24H2,1-2H3,(H,42,47,48)/t28-,29+,31?/m0/s1. The number of likely N-dealkylation sites (N-methyl/N-ethyl adjacent to an activating group) is 1. The van der Waals surface area contributed by atoms with E-state index in [-0.39, 0.29) is 51.6 Å². The van der Waals surface area contributed by atoms with Gasteiger partial charge in [0, 0.05) is 70.0 Å². The summed E-state index contributed by atoms with van der Waals surface area (Å²) in [5.41, 5.74) is 4.57. The Balaban J connectivity index is 0.901. The van der Waals surface area contributed by atoms with Crippen molar-refractivity contribution in [3.05, 3.63) is 86.8 Å². The Kier molecular flexibility index (Phi) is 9.72. The van der Waals surface area contributed by atoms with E-state index < -0.39 is 0 Å². The fourth-order valence-electron chi connectivity index (χ4n) is 8.43. The van der Waals surface area contributed by atoms with Crippen molar-refractivity contribution in [2.24, 2.45) is 12.5 Å². The van der Waals surface area contributed by atoms with Gasteiger partial charge in [-0.2, -0.15) is 5.10 Å². The lowest BCUT2D eigenvalue weighted by Crippen LogP contribution is -2.48. The van der Waals surface area contributed by atoms with E-state index >= 15 is 0 Å². The monoisotopic (exact) mass is 699 g/mol. The molecule has 264 valence electrons. The molecule has 4 aliphatic rings. The minimum atomic E-state index is -0.320. The van der Waals surface area contributed by atoms with Crippen molar-refractivity contribution in [2.75, 3.05) is 56.5 Å². The number of likely N-dealkylation sites (tertiary alicyclic amines) is 2. The minimum Gasteiger partial charge on any atom is -0.378 e. The Morgan fingerprint density at radius 2 is 1.56 bits per heavy atom. The summed E-state index contributed by atoms with van der Waals surface area (Å²) in [6.45, 7) is 5.26. The molecule has 3 atom stereocenters. The van der Waals surface area contributed by atoms with E-state index in [2.05, 4.69) is 56.8 Å². The molecule has 11 nitrogen and oxygen atoms in total. The highest BCUT2D eigenvalue weighted by molar-refractivity contribution is 6.32. The average Bonchev–Trinajstić information content (AvgIpc) is 3.12. The third kappa shape index (κ3) is 7.16. The predicted molar refractivity (Wildman–Crippen MR) is 194 cm³/mol. The van der Waals surface area contributed by atoms with Gasteiger partial charge >= 0.3 is 0 Å². The molecule has 1 aromatic heterocycles. The van der Waals surface area contributed by atoms with Gasteiger partial charge in [-0.05, 0) is 92.3 Å². The van der Waals surface area contributed by atoms with Gasteiger partial charge in [0.1, 0.15) is 5.02 Å². The summed E-state index contributed by atoms with van der Waals surface area (Å²) in [6.07, 6.45) is 7.69. The van der Waals surface area contributed by atoms with E-state index in [0.29, 0.717) is 18.5 Å². The Hall–Kier alpha value is -4.22. The molecule has 3 amide bonds. The van der Waals surface area contributed by atoms with Crippen molar-refractivity contribution in [2.45, 2.75) is 62.8 Å². The van der Waals surface area contributed by atoms with Gasteiger partial charge in [-0.3, -0.25) is 24.5 Å². The molecular formula is C38H46ClN7O4. The van der Waals surface area contributed by atoms with Gasteiger partial charge in [-0.25, -0.2) is 4.68 Å². The second-order valence-corrected chi connectivity index (χ2v) is 15.2. The molecule has 0 radical (unpaired) electrons. The van der Waals surface area contributed by atoms with Crippen molar-refractivity contribution in [3.63, 3.8) is 0 Å². The van der Waals surface area contributed by atoms with Crippen LogP contribution in [0.25, 0.3) is 0 Å². The topological polar surface area (TPSA) is 120 Å². The molecule has 1 spiro atoms. The van der Waals surface area contributed by atoms with E-state index in [1.54, 1.807) is 13.2 Å². The maximum Gasteiger partial charge on any atom is 0.287 e. The van der Waals surface area contributed by atoms with Gasteiger partial charge in [0.25, 0.3) is 11.5 Å². The molecule has 7 rings (SSSR count). The average molecular weight is 700 g/mol. The molecule has 5 heterocycles. The van der Waals surface area contributed by atoms with Crippen molar-refractivity contribution in [1.82, 2.24) is 24.9 Å². The number of piperidine rings is 4. The molecule has 3 aromatic rings. The molecule has 0 aliphatic carbocycles. The molecular weight excluding hydrogens is 654 g/mol. The van der Waals surface area contributed by atoms with Crippen LogP contribution in [0.2, 0.25) is 5.02 Å². The van der Waals surface area contributed by atoms with Crippen LogP contribution in [0.4, 0.5) is 11.4 Å². The summed E-state index contributed by atoms with van der Waals surface area (Å²) >= 11 is 6.32. The lowest BCUT2D eigenvalue weighted by molar-refractivity contribution is -0.134. The number of carbonyl (C=O) groups is 3. The lowest BCUT2D eigenvalue weighted by atomic mass is 9.71. The zero-order chi connectivity index (χ0) is 35.0. The molecule has 0 bridgehead atoms. The van der Waals surface area contributed by atoms with Gasteiger partial charge in [0.2, 0.25) is 11.8 Å². The van der Waals surface area contributed by atoms with Gasteiger partial charge in [0.05, 0.1) is 17.8 Å². The molecule has 2 N–H and O–H groups in total. The lowest BCUT2D eigenvalue weighted by Gasteiger charge is -2.47. The van der Waals surface area contributed by atoms with Gasteiger partial charge in [-0.1, -0.05) is 35.9 Å². The summed E-state index contributed by atoms with van der Waals surface area (Å²) < 4.78 is 1.23. The molecule has 2 aromatic carbocycles. The number of nitrogens with one attached hydrogen (secondary N) is 2. The summed E-state index contributed by atoms with van der Waals surface area (Å²) in [5, 5.41) is 10.2. The maximum atomic E-state index is 13.6. The second kappa shape index (κ2) is 14.2. The summed E-state index contributed by atoms with van der Waals surface area (Å²) in [6, 6.07) is 16.5. The van der Waals surface area contributed by atoms with Crippen LogP contribution < -0.4 is 21.1 Å². The number of aryl methyl sites for hydroxylation is 1. The first-order chi connectivity index (χ1) is 24.1. The highest BCUT2D eigenvalue weighted by atomic mass is 35.5. The first-order valence-corrected chi connectivity index (χ1v) is 18.2. The van der Waals surface area contributed by atoms with Crippen LogP contribution in [-0.2, 0) is 16.6 Å². The number of benzene rings is 2. The van der Waals surface area contributed by atoms with Crippen molar-refractivity contribution in [1.29, 1.82) is 0 Å². The van der Waals surface area contributed by atoms with Crippen LogP contribution in [0.1, 0.15) is 78.3 Å². The summed E-state index contributed by atoms with van der Waals surface area (Å²) in [7, 11) is 3.68. The number of aromatic nitrogens is 2. The molecule has 4 aliphatic heterocycles. The van der Waals surface area contributed by atoms with Crippen LogP contribution in [0.5, 0.6) is 0 Å². The zero-order valence-corrected chi connectivity index (χ0v) is 29.6. The van der Waals surface area contributed by atoms with Crippen molar-refractivity contribution in [3.8, 4) is 0 Å². The largest absolute Gasteiger partial charge is 0.378 e. The van der Waals surface area contributed by atoms with E-state index in [9.17, 15) is 19.2 Å². The number of halogens is 1. The minimum absolute atomic E-state index is 0.101. The third-order valence-corrected chi connectivity index (χ3v) is 11.9. The molecule has 4 fully saturated rings. The normalized spacial score (nSPS) is 24.3. The Bertz CT molecular complexity index is 1790. The van der Waals surface area contributed by atoms with Gasteiger partial charge in [0.15, 0.2) is 0 Å². The summed E-state index contributed by atoms with van der Waals surface area (Å²) in [4.78, 5) is 56.4. The predicted octanol–water partition coefficient (Wildman–Crippen LogP) is 4.38. The molecule has 12 heteroatoms. The number of imide groups is 1. The van der Waals surface area contributed by atoms with Crippen molar-refractivity contribution >= 4 is 40.7 Å². The van der Waals surface area contributed by atoms with Crippen LogP contribution in [0.15, 0.2) is 59.5 Å². The molecule has 50 heavy (non-hydrogen) atoms. The highest BCUT2D eigenvalue weighted by Crippen LogP contribution is 2.42. The van der Waals surface area contributed by atoms with E-state index in [1.807, 2.05) is 29.2 Å². The van der Waals surface area contributed by atoms with Gasteiger partial charge < -0.3 is 20.0 Å². The van der Waals surface area contributed by atoms with Gasteiger partial charge in [-0.15, -0.1) is 0 Å². The fourth-order valence-corrected chi connectivity index (χ4v) is 8.66.